The second-order valence-corrected chi connectivity index (χ2v) is 6.88. The van der Waals surface area contributed by atoms with Crippen LogP contribution in [0, 0.1) is 13.8 Å². The van der Waals surface area contributed by atoms with Crippen LogP contribution in [0.2, 0.25) is 0 Å². The maximum Gasteiger partial charge on any atom is 0.267 e. The average molecular weight is 337 g/mol. The molecule has 1 aromatic heterocycles. The lowest BCUT2D eigenvalue weighted by Gasteiger charge is -2.18. The quantitative estimate of drug-likeness (QED) is 0.643. The fourth-order valence-corrected chi connectivity index (χ4v) is 3.11. The number of nitrogens with zero attached hydrogens (tertiary/aromatic N) is 2. The number of hydrogen-bond acceptors (Lipinski definition) is 6. The highest BCUT2D eigenvalue weighted by molar-refractivity contribution is 8.00. The Morgan fingerprint density at radius 1 is 1.41 bits per heavy atom. The van der Waals surface area contributed by atoms with Gasteiger partial charge in [0.15, 0.2) is 10.4 Å². The summed E-state index contributed by atoms with van der Waals surface area (Å²) in [5.41, 5.74) is 2.19. The molecule has 0 saturated heterocycles. The number of ether oxygens (including phenoxy) is 1. The van der Waals surface area contributed by atoms with Gasteiger partial charge in [-0.15, -0.1) is 10.2 Å². The number of rotatable bonds is 6. The molecule has 1 amide bonds. The molecule has 1 aromatic carbocycles. The number of benzene rings is 1. The first-order valence-electron chi connectivity index (χ1n) is 6.95. The van der Waals surface area contributed by atoms with Crippen molar-refractivity contribution in [1.82, 2.24) is 10.2 Å². The summed E-state index contributed by atoms with van der Waals surface area (Å²) < 4.78 is 6.67. The molecule has 1 N–H and O–H groups in total. The van der Waals surface area contributed by atoms with E-state index in [1.165, 1.54) is 28.7 Å². The van der Waals surface area contributed by atoms with E-state index < -0.39 is 6.10 Å². The molecule has 0 bridgehead atoms. The van der Waals surface area contributed by atoms with Gasteiger partial charge in [0.1, 0.15) is 5.75 Å². The number of amides is 1. The fourth-order valence-electron chi connectivity index (χ4n) is 1.94. The van der Waals surface area contributed by atoms with Gasteiger partial charge in [0.2, 0.25) is 5.13 Å². The molecule has 2 aromatic rings. The summed E-state index contributed by atoms with van der Waals surface area (Å²) in [5, 5.41) is 11.2. The molecule has 7 heteroatoms. The number of carbonyl (C=O) groups excluding carboxylic acids is 1. The van der Waals surface area contributed by atoms with Crippen LogP contribution >= 0.6 is 23.1 Å². The van der Waals surface area contributed by atoms with Gasteiger partial charge in [-0.3, -0.25) is 10.1 Å². The Morgan fingerprint density at radius 2 is 2.18 bits per heavy atom. The summed E-state index contributed by atoms with van der Waals surface area (Å²) in [7, 11) is 0. The van der Waals surface area contributed by atoms with E-state index >= 15 is 0 Å². The lowest BCUT2D eigenvalue weighted by Crippen LogP contribution is -2.32. The van der Waals surface area contributed by atoms with E-state index in [9.17, 15) is 4.79 Å². The number of aryl methyl sites for hydroxylation is 2. The Morgan fingerprint density at radius 3 is 2.77 bits per heavy atom. The van der Waals surface area contributed by atoms with Crippen LogP contribution in [0.3, 0.4) is 0 Å². The Labute approximate surface area is 138 Å². The van der Waals surface area contributed by atoms with Crippen LogP contribution in [-0.2, 0) is 4.79 Å². The van der Waals surface area contributed by atoms with Gasteiger partial charge in [0.05, 0.1) is 0 Å². The van der Waals surface area contributed by atoms with Crippen molar-refractivity contribution >= 4 is 34.1 Å². The summed E-state index contributed by atoms with van der Waals surface area (Å²) in [5.74, 6) is 0.529. The van der Waals surface area contributed by atoms with Gasteiger partial charge in [0, 0.05) is 0 Å². The third-order valence-corrected chi connectivity index (χ3v) is 4.89. The van der Waals surface area contributed by atoms with E-state index in [4.69, 9.17) is 4.74 Å². The van der Waals surface area contributed by atoms with Gasteiger partial charge < -0.3 is 4.74 Å². The molecule has 0 aliphatic carbocycles. The minimum Gasteiger partial charge on any atom is -0.480 e. The molecule has 0 fully saturated rings. The lowest BCUT2D eigenvalue weighted by atomic mass is 10.1. The van der Waals surface area contributed by atoms with Crippen LogP contribution in [0.5, 0.6) is 5.75 Å². The van der Waals surface area contributed by atoms with E-state index in [2.05, 4.69) is 15.5 Å². The summed E-state index contributed by atoms with van der Waals surface area (Å²) in [4.78, 5) is 12.3. The maximum absolute atomic E-state index is 12.3. The van der Waals surface area contributed by atoms with E-state index in [1.54, 1.807) is 0 Å². The number of carbonyl (C=O) groups is 1. The monoisotopic (exact) mass is 337 g/mol. The fraction of sp³-hybridized carbons (Fsp3) is 0.400. The zero-order valence-corrected chi connectivity index (χ0v) is 14.7. The third kappa shape index (κ3) is 4.20. The third-order valence-electron chi connectivity index (χ3n) is 3.07. The van der Waals surface area contributed by atoms with E-state index in [-0.39, 0.29) is 5.91 Å². The Hall–Kier alpha value is -1.60. The molecular formula is C15H19N3O2S2. The molecule has 0 aliphatic heterocycles. The molecule has 5 nitrogen and oxygen atoms in total. The first kappa shape index (κ1) is 16.8. The van der Waals surface area contributed by atoms with Crippen LogP contribution in [-0.4, -0.2) is 28.5 Å². The first-order chi connectivity index (χ1) is 10.5. The number of anilines is 1. The highest BCUT2D eigenvalue weighted by atomic mass is 32.2. The van der Waals surface area contributed by atoms with Gasteiger partial charge in [-0.2, -0.15) is 0 Å². The second kappa shape index (κ2) is 7.60. The smallest absolute Gasteiger partial charge is 0.267 e. The van der Waals surface area contributed by atoms with Crippen LogP contribution < -0.4 is 10.1 Å². The van der Waals surface area contributed by atoms with E-state index in [1.807, 2.05) is 45.2 Å². The molecule has 22 heavy (non-hydrogen) atoms. The average Bonchev–Trinajstić information content (AvgIpc) is 2.94. The predicted molar refractivity (Wildman–Crippen MR) is 90.9 cm³/mol. The summed E-state index contributed by atoms with van der Waals surface area (Å²) in [6, 6.07) is 5.91. The van der Waals surface area contributed by atoms with Crippen molar-refractivity contribution in [3.05, 3.63) is 29.3 Å². The standard InChI is InChI=1S/C15H19N3O2S2/c1-5-11(20-12-7-6-9(2)8-10(12)3)13(19)16-14-17-18-15(21-4)22-14/h6-8,11H,5H2,1-4H3,(H,16,17,19)/t11-/m0/s1. The van der Waals surface area contributed by atoms with Crippen molar-refractivity contribution < 1.29 is 9.53 Å². The van der Waals surface area contributed by atoms with Crippen molar-refractivity contribution in [2.24, 2.45) is 0 Å². The number of nitrogens with one attached hydrogen (secondary N) is 1. The maximum atomic E-state index is 12.3. The molecule has 2 rings (SSSR count). The first-order valence-corrected chi connectivity index (χ1v) is 9.00. The van der Waals surface area contributed by atoms with Crippen LogP contribution in [0.1, 0.15) is 24.5 Å². The summed E-state index contributed by atoms with van der Waals surface area (Å²) in [6.07, 6.45) is 1.94. The summed E-state index contributed by atoms with van der Waals surface area (Å²) in [6.45, 7) is 5.92. The number of hydrogen-bond donors (Lipinski definition) is 1. The minimum atomic E-state index is -0.553. The predicted octanol–water partition coefficient (Wildman–Crippen LogP) is 3.67. The molecule has 1 atom stereocenters. The highest BCUT2D eigenvalue weighted by Gasteiger charge is 2.20. The van der Waals surface area contributed by atoms with E-state index in [0.29, 0.717) is 11.6 Å². The Balaban J connectivity index is 2.05. The van der Waals surface area contributed by atoms with Crippen LogP contribution in [0.4, 0.5) is 5.13 Å². The van der Waals surface area contributed by atoms with Crippen LogP contribution in [0.25, 0.3) is 0 Å². The zero-order chi connectivity index (χ0) is 16.1. The van der Waals surface area contributed by atoms with Gasteiger partial charge in [0.25, 0.3) is 5.91 Å². The van der Waals surface area contributed by atoms with E-state index in [0.717, 1.165) is 15.7 Å². The highest BCUT2D eigenvalue weighted by Crippen LogP contribution is 2.24. The van der Waals surface area contributed by atoms with Crippen molar-refractivity contribution in [3.8, 4) is 5.75 Å². The minimum absolute atomic E-state index is 0.203. The molecule has 0 radical (unpaired) electrons. The Bertz CT molecular complexity index is 658. The van der Waals surface area contributed by atoms with Gasteiger partial charge in [-0.25, -0.2) is 0 Å². The normalized spacial score (nSPS) is 12.0. The van der Waals surface area contributed by atoms with Gasteiger partial charge in [-0.05, 0) is 38.2 Å². The van der Waals surface area contributed by atoms with Gasteiger partial charge in [-0.1, -0.05) is 47.7 Å². The zero-order valence-electron chi connectivity index (χ0n) is 13.0. The number of thioether (sulfide) groups is 1. The van der Waals surface area contributed by atoms with Crippen molar-refractivity contribution in [3.63, 3.8) is 0 Å². The van der Waals surface area contributed by atoms with Crippen LogP contribution in [0.15, 0.2) is 22.5 Å². The van der Waals surface area contributed by atoms with Crippen molar-refractivity contribution in [2.75, 3.05) is 11.6 Å². The van der Waals surface area contributed by atoms with Crippen molar-refractivity contribution in [1.29, 1.82) is 0 Å². The van der Waals surface area contributed by atoms with Gasteiger partial charge >= 0.3 is 0 Å². The SMILES string of the molecule is CC[C@H](Oc1ccc(C)cc1C)C(=O)Nc1nnc(SC)s1. The molecule has 0 saturated carbocycles. The topological polar surface area (TPSA) is 64.1 Å². The lowest BCUT2D eigenvalue weighted by molar-refractivity contribution is -0.122. The van der Waals surface area contributed by atoms with Crippen molar-refractivity contribution in [2.45, 2.75) is 37.6 Å². The molecular weight excluding hydrogens is 318 g/mol. The molecule has 118 valence electrons. The second-order valence-electron chi connectivity index (χ2n) is 4.85. The molecule has 0 spiro atoms. The Kier molecular flexibility index (Phi) is 5.79. The molecule has 0 aliphatic rings. The molecule has 0 unspecified atom stereocenters. The summed E-state index contributed by atoms with van der Waals surface area (Å²) >= 11 is 2.85. The number of aromatic nitrogens is 2. The molecule has 1 heterocycles. The largest absolute Gasteiger partial charge is 0.480 e.